The van der Waals surface area contributed by atoms with Gasteiger partial charge in [0.2, 0.25) is 5.91 Å². The second kappa shape index (κ2) is 10.1. The van der Waals surface area contributed by atoms with E-state index in [1.165, 1.54) is 19.1 Å². The summed E-state index contributed by atoms with van der Waals surface area (Å²) in [5.41, 5.74) is 1.47. The van der Waals surface area contributed by atoms with Crippen LogP contribution in [0.3, 0.4) is 0 Å². The molecule has 31 heavy (non-hydrogen) atoms. The lowest BCUT2D eigenvalue weighted by molar-refractivity contribution is -0.139. The van der Waals surface area contributed by atoms with E-state index in [2.05, 4.69) is 17.1 Å². The first-order chi connectivity index (χ1) is 14.7. The van der Waals surface area contributed by atoms with Crippen LogP contribution in [0, 0.1) is 5.82 Å². The minimum atomic E-state index is -0.252. The second-order valence-electron chi connectivity index (χ2n) is 7.91. The van der Waals surface area contributed by atoms with Gasteiger partial charge in [0.15, 0.2) is 6.61 Å². The van der Waals surface area contributed by atoms with Crippen molar-refractivity contribution in [1.29, 1.82) is 0 Å². The zero-order valence-electron chi connectivity index (χ0n) is 17.9. The molecule has 0 aliphatic carbocycles. The zero-order chi connectivity index (χ0) is 22.5. The van der Waals surface area contributed by atoms with Crippen molar-refractivity contribution in [3.8, 4) is 5.75 Å². The highest BCUT2D eigenvalue weighted by Gasteiger charge is 2.32. The number of rotatable bonds is 6. The van der Waals surface area contributed by atoms with Gasteiger partial charge in [-0.1, -0.05) is 23.7 Å². The third kappa shape index (κ3) is 6.18. The predicted octanol–water partition coefficient (Wildman–Crippen LogP) is 3.94. The fraction of sp³-hybridized carbons (Fsp3) is 0.391. The van der Waals surface area contributed by atoms with Crippen LogP contribution in [0.1, 0.15) is 26.3 Å². The molecule has 1 fully saturated rings. The van der Waals surface area contributed by atoms with E-state index in [1.807, 2.05) is 11.8 Å². The summed E-state index contributed by atoms with van der Waals surface area (Å²) in [6.45, 7) is 7.33. The van der Waals surface area contributed by atoms with Crippen molar-refractivity contribution in [2.45, 2.75) is 39.4 Å². The van der Waals surface area contributed by atoms with Gasteiger partial charge in [-0.05, 0) is 49.7 Å². The smallest absolute Gasteiger partial charge is 0.260 e. The quantitative estimate of drug-likeness (QED) is 0.728. The number of halogens is 2. The molecular weight excluding hydrogens is 421 g/mol. The van der Waals surface area contributed by atoms with Crippen molar-refractivity contribution in [1.82, 2.24) is 9.80 Å². The van der Waals surface area contributed by atoms with E-state index in [0.29, 0.717) is 36.1 Å². The van der Waals surface area contributed by atoms with Gasteiger partial charge < -0.3 is 15.0 Å². The maximum Gasteiger partial charge on any atom is 0.260 e. The Labute approximate surface area is 186 Å². The van der Waals surface area contributed by atoms with Crippen LogP contribution in [0.2, 0.25) is 5.02 Å². The molecule has 1 heterocycles. The number of nitrogens with zero attached hydrogens (tertiary/aromatic N) is 2. The van der Waals surface area contributed by atoms with Gasteiger partial charge in [0.05, 0.1) is 5.69 Å². The van der Waals surface area contributed by atoms with Crippen LogP contribution >= 0.6 is 11.6 Å². The van der Waals surface area contributed by atoms with Crippen LogP contribution in [-0.4, -0.2) is 53.4 Å². The molecule has 166 valence electrons. The largest absolute Gasteiger partial charge is 0.482 e. The lowest BCUT2D eigenvalue weighted by Gasteiger charge is -2.44. The van der Waals surface area contributed by atoms with Crippen LogP contribution in [0.15, 0.2) is 42.5 Å². The first-order valence-corrected chi connectivity index (χ1v) is 10.6. The van der Waals surface area contributed by atoms with Crippen LogP contribution in [-0.2, 0) is 16.1 Å². The Hall–Kier alpha value is -2.64. The molecule has 2 atom stereocenters. The highest BCUT2D eigenvalue weighted by atomic mass is 35.5. The second-order valence-corrected chi connectivity index (χ2v) is 8.35. The average Bonchev–Trinajstić information content (AvgIpc) is 2.71. The van der Waals surface area contributed by atoms with Crippen molar-refractivity contribution in [3.63, 3.8) is 0 Å². The molecule has 2 aromatic carbocycles. The van der Waals surface area contributed by atoms with Crippen LogP contribution in [0.25, 0.3) is 0 Å². The fourth-order valence-corrected chi connectivity index (χ4v) is 3.90. The van der Waals surface area contributed by atoms with Gasteiger partial charge in [-0.3, -0.25) is 14.5 Å². The lowest BCUT2D eigenvalue weighted by Crippen LogP contribution is -2.58. The van der Waals surface area contributed by atoms with Crippen molar-refractivity contribution in [2.24, 2.45) is 0 Å². The monoisotopic (exact) mass is 447 g/mol. The van der Waals surface area contributed by atoms with E-state index in [4.69, 9.17) is 16.3 Å². The number of hydrogen-bond acceptors (Lipinski definition) is 4. The predicted molar refractivity (Wildman–Crippen MR) is 119 cm³/mol. The van der Waals surface area contributed by atoms with Gasteiger partial charge in [-0.15, -0.1) is 0 Å². The maximum absolute atomic E-state index is 13.1. The molecule has 2 aromatic rings. The third-order valence-corrected chi connectivity index (χ3v) is 5.57. The Balaban J connectivity index is 1.59. The summed E-state index contributed by atoms with van der Waals surface area (Å²) >= 11 is 5.99. The van der Waals surface area contributed by atoms with Gasteiger partial charge in [-0.25, -0.2) is 4.39 Å². The summed E-state index contributed by atoms with van der Waals surface area (Å²) in [6, 6.07) is 11.5. The molecular formula is C23H27ClFN3O3. The topological polar surface area (TPSA) is 61.9 Å². The SMILES string of the molecule is CC(=O)Nc1cc(Cl)ccc1OCC(=O)N1CC(C)N(Cc2ccc(F)cc2)CC1C. The standard InChI is InChI=1S/C23H27ClFN3O3/c1-15-12-28(16(2)11-27(15)13-18-4-7-20(25)8-5-18)23(30)14-31-22-9-6-19(24)10-21(22)26-17(3)29/h4-10,15-16H,11-14H2,1-3H3,(H,26,29). The van der Waals surface area contributed by atoms with Crippen LogP contribution in [0.5, 0.6) is 5.75 Å². The molecule has 3 rings (SSSR count). The summed E-state index contributed by atoms with van der Waals surface area (Å²) in [6.07, 6.45) is 0. The third-order valence-electron chi connectivity index (χ3n) is 5.34. The summed E-state index contributed by atoms with van der Waals surface area (Å²) in [5.74, 6) is -0.228. The molecule has 1 N–H and O–H groups in total. The number of anilines is 1. The Kier molecular flexibility index (Phi) is 7.51. The molecule has 0 bridgehead atoms. The Bertz CT molecular complexity index is 938. The number of carbonyl (C=O) groups is 2. The number of piperazine rings is 1. The van der Waals surface area contributed by atoms with Gasteiger partial charge in [-0.2, -0.15) is 0 Å². The highest BCUT2D eigenvalue weighted by molar-refractivity contribution is 6.31. The lowest BCUT2D eigenvalue weighted by atomic mass is 10.1. The molecule has 1 aliphatic heterocycles. The van der Waals surface area contributed by atoms with Crippen molar-refractivity contribution < 1.29 is 18.7 Å². The van der Waals surface area contributed by atoms with Crippen molar-refractivity contribution >= 4 is 29.1 Å². The number of hydrogen-bond donors (Lipinski definition) is 1. The molecule has 1 aliphatic rings. The molecule has 2 amide bonds. The number of carbonyl (C=O) groups excluding carboxylic acids is 2. The number of nitrogens with one attached hydrogen (secondary N) is 1. The molecule has 0 radical (unpaired) electrons. The summed E-state index contributed by atoms with van der Waals surface area (Å²) in [4.78, 5) is 28.4. The molecule has 0 aromatic heterocycles. The van der Waals surface area contributed by atoms with Crippen molar-refractivity contribution in [3.05, 3.63) is 58.9 Å². The van der Waals surface area contributed by atoms with Crippen LogP contribution < -0.4 is 10.1 Å². The molecule has 0 saturated carbocycles. The van der Waals surface area contributed by atoms with Crippen molar-refractivity contribution in [2.75, 3.05) is 25.0 Å². The first kappa shape index (κ1) is 23.0. The van der Waals surface area contributed by atoms with Gasteiger partial charge >= 0.3 is 0 Å². The molecule has 1 saturated heterocycles. The molecule has 8 heteroatoms. The maximum atomic E-state index is 13.1. The average molecular weight is 448 g/mol. The Morgan fingerprint density at radius 3 is 2.52 bits per heavy atom. The van der Waals surface area contributed by atoms with E-state index in [0.717, 1.165) is 5.56 Å². The van der Waals surface area contributed by atoms with Gasteiger partial charge in [0.25, 0.3) is 5.91 Å². The van der Waals surface area contributed by atoms with Crippen LogP contribution in [0.4, 0.5) is 10.1 Å². The number of amides is 2. The minimum absolute atomic E-state index is 0.00720. The molecule has 2 unspecified atom stereocenters. The van der Waals surface area contributed by atoms with Gasteiger partial charge in [0, 0.05) is 43.7 Å². The fourth-order valence-electron chi connectivity index (χ4n) is 3.73. The first-order valence-electron chi connectivity index (χ1n) is 10.2. The summed E-state index contributed by atoms with van der Waals surface area (Å²) in [7, 11) is 0. The normalized spacial score (nSPS) is 19.2. The summed E-state index contributed by atoms with van der Waals surface area (Å²) in [5, 5.41) is 3.12. The number of ether oxygens (including phenoxy) is 1. The molecule has 6 nitrogen and oxygen atoms in total. The van der Waals surface area contributed by atoms with E-state index >= 15 is 0 Å². The minimum Gasteiger partial charge on any atom is -0.482 e. The van der Waals surface area contributed by atoms with E-state index in [9.17, 15) is 14.0 Å². The highest BCUT2D eigenvalue weighted by Crippen LogP contribution is 2.28. The Morgan fingerprint density at radius 1 is 1.13 bits per heavy atom. The zero-order valence-corrected chi connectivity index (χ0v) is 18.7. The Morgan fingerprint density at radius 2 is 1.84 bits per heavy atom. The summed E-state index contributed by atoms with van der Waals surface area (Å²) < 4.78 is 18.9. The van der Waals surface area contributed by atoms with E-state index < -0.39 is 0 Å². The van der Waals surface area contributed by atoms with E-state index in [1.54, 1.807) is 30.3 Å². The van der Waals surface area contributed by atoms with E-state index in [-0.39, 0.29) is 36.3 Å². The van der Waals surface area contributed by atoms with Gasteiger partial charge in [0.1, 0.15) is 11.6 Å². The number of benzene rings is 2. The molecule has 0 spiro atoms.